The molecule has 2 rings (SSSR count). The molecule has 3 unspecified atom stereocenters. The normalized spacial score (nSPS) is 42.1. The van der Waals surface area contributed by atoms with E-state index < -0.39 is 0 Å². The van der Waals surface area contributed by atoms with Crippen LogP contribution in [0.3, 0.4) is 0 Å². The van der Waals surface area contributed by atoms with Gasteiger partial charge in [0.1, 0.15) is 5.78 Å². The summed E-state index contributed by atoms with van der Waals surface area (Å²) in [5.74, 6) is 2.25. The molecule has 2 fully saturated rings. The van der Waals surface area contributed by atoms with Gasteiger partial charge in [0.25, 0.3) is 0 Å². The van der Waals surface area contributed by atoms with Crippen LogP contribution in [0.5, 0.6) is 0 Å². The summed E-state index contributed by atoms with van der Waals surface area (Å²) < 4.78 is 0. The van der Waals surface area contributed by atoms with Crippen LogP contribution in [0.1, 0.15) is 65.2 Å². The van der Waals surface area contributed by atoms with Gasteiger partial charge in [-0.25, -0.2) is 0 Å². The van der Waals surface area contributed by atoms with E-state index in [2.05, 4.69) is 13.8 Å². The van der Waals surface area contributed by atoms with E-state index in [0.29, 0.717) is 11.2 Å². The summed E-state index contributed by atoms with van der Waals surface area (Å²) >= 11 is 0. The molecule has 2 aliphatic carbocycles. The Bertz CT molecular complexity index is 246. The molecule has 0 aromatic rings. The zero-order valence-corrected chi connectivity index (χ0v) is 10.2. The van der Waals surface area contributed by atoms with Crippen molar-refractivity contribution >= 4 is 5.78 Å². The van der Waals surface area contributed by atoms with E-state index in [0.717, 1.165) is 31.1 Å². The Morgan fingerprint density at radius 1 is 1.33 bits per heavy atom. The molecule has 0 N–H and O–H groups in total. The fourth-order valence-electron chi connectivity index (χ4n) is 3.98. The highest BCUT2D eigenvalue weighted by atomic mass is 16.1. The van der Waals surface area contributed by atoms with Crippen LogP contribution < -0.4 is 0 Å². The van der Waals surface area contributed by atoms with Crippen molar-refractivity contribution < 1.29 is 4.79 Å². The van der Waals surface area contributed by atoms with Crippen LogP contribution in [0.25, 0.3) is 0 Å². The lowest BCUT2D eigenvalue weighted by molar-refractivity contribution is -0.118. The molecule has 0 aromatic heterocycles. The predicted molar refractivity (Wildman–Crippen MR) is 62.7 cm³/mol. The van der Waals surface area contributed by atoms with Gasteiger partial charge in [0, 0.05) is 12.8 Å². The van der Waals surface area contributed by atoms with Gasteiger partial charge in [-0.05, 0) is 30.1 Å². The van der Waals surface area contributed by atoms with Crippen molar-refractivity contribution in [2.45, 2.75) is 65.2 Å². The summed E-state index contributed by atoms with van der Waals surface area (Å²) in [4.78, 5) is 11.5. The average molecular weight is 208 g/mol. The quantitative estimate of drug-likeness (QED) is 0.671. The lowest BCUT2D eigenvalue weighted by Crippen LogP contribution is -2.33. The van der Waals surface area contributed by atoms with Crippen LogP contribution in [-0.2, 0) is 4.79 Å². The number of ketones is 1. The Morgan fingerprint density at radius 2 is 2.07 bits per heavy atom. The maximum atomic E-state index is 11.5. The standard InChI is InChI=1S/C14H24O/c1-3-11-6-4-5-7-13(11)14(2)9-8-12(15)10-14/h11,13H,3-10H2,1-2H3. The Balaban J connectivity index is 2.09. The van der Waals surface area contributed by atoms with E-state index in [1.807, 2.05) is 0 Å². The highest BCUT2D eigenvalue weighted by Gasteiger charge is 2.43. The minimum absolute atomic E-state index is 0.359. The molecule has 0 radical (unpaired) electrons. The summed E-state index contributed by atoms with van der Waals surface area (Å²) in [6, 6.07) is 0. The van der Waals surface area contributed by atoms with Crippen LogP contribution in [0.4, 0.5) is 0 Å². The first-order valence-electron chi connectivity index (χ1n) is 6.67. The van der Waals surface area contributed by atoms with Gasteiger partial charge in [-0.15, -0.1) is 0 Å². The second kappa shape index (κ2) is 4.27. The molecular weight excluding hydrogens is 184 g/mol. The molecule has 0 heterocycles. The van der Waals surface area contributed by atoms with Gasteiger partial charge >= 0.3 is 0 Å². The Hall–Kier alpha value is -0.330. The van der Waals surface area contributed by atoms with Crippen molar-refractivity contribution in [3.8, 4) is 0 Å². The average Bonchev–Trinajstić information content (AvgIpc) is 2.60. The first-order chi connectivity index (χ1) is 7.15. The summed E-state index contributed by atoms with van der Waals surface area (Å²) in [5, 5.41) is 0. The minimum atomic E-state index is 0.359. The number of rotatable bonds is 2. The summed E-state index contributed by atoms with van der Waals surface area (Å²) in [6.07, 6.45) is 9.79. The van der Waals surface area contributed by atoms with E-state index in [9.17, 15) is 4.79 Å². The third-order valence-corrected chi connectivity index (χ3v) is 4.90. The maximum Gasteiger partial charge on any atom is 0.133 e. The van der Waals surface area contributed by atoms with Crippen molar-refractivity contribution in [3.05, 3.63) is 0 Å². The molecule has 0 aliphatic heterocycles. The predicted octanol–water partition coefficient (Wildman–Crippen LogP) is 3.96. The van der Waals surface area contributed by atoms with Crippen molar-refractivity contribution in [1.29, 1.82) is 0 Å². The van der Waals surface area contributed by atoms with Gasteiger partial charge in [-0.2, -0.15) is 0 Å². The molecular formula is C14H24O. The molecule has 1 heteroatoms. The van der Waals surface area contributed by atoms with Crippen LogP contribution in [-0.4, -0.2) is 5.78 Å². The van der Waals surface area contributed by atoms with Crippen molar-refractivity contribution in [2.24, 2.45) is 17.3 Å². The van der Waals surface area contributed by atoms with Gasteiger partial charge in [0.05, 0.1) is 0 Å². The fraction of sp³-hybridized carbons (Fsp3) is 0.929. The van der Waals surface area contributed by atoms with Gasteiger partial charge in [0.15, 0.2) is 0 Å². The highest BCUT2D eigenvalue weighted by Crippen LogP contribution is 2.51. The molecule has 0 spiro atoms. The van der Waals surface area contributed by atoms with Gasteiger partial charge in [-0.3, -0.25) is 4.79 Å². The highest BCUT2D eigenvalue weighted by molar-refractivity contribution is 5.81. The second-order valence-electron chi connectivity index (χ2n) is 5.93. The smallest absolute Gasteiger partial charge is 0.133 e. The van der Waals surface area contributed by atoms with Crippen LogP contribution in [0.2, 0.25) is 0 Å². The van der Waals surface area contributed by atoms with Gasteiger partial charge in [-0.1, -0.05) is 39.5 Å². The first kappa shape index (κ1) is 11.2. The molecule has 0 saturated heterocycles. The molecule has 3 atom stereocenters. The zero-order chi connectivity index (χ0) is 10.9. The number of carbonyl (C=O) groups is 1. The minimum Gasteiger partial charge on any atom is -0.300 e. The van der Waals surface area contributed by atoms with E-state index in [4.69, 9.17) is 0 Å². The number of carbonyl (C=O) groups excluding carboxylic acids is 1. The largest absolute Gasteiger partial charge is 0.300 e. The van der Waals surface area contributed by atoms with Gasteiger partial charge in [0.2, 0.25) is 0 Å². The monoisotopic (exact) mass is 208 g/mol. The Labute approximate surface area is 93.6 Å². The van der Waals surface area contributed by atoms with E-state index in [-0.39, 0.29) is 0 Å². The maximum absolute atomic E-state index is 11.5. The van der Waals surface area contributed by atoms with Crippen molar-refractivity contribution in [3.63, 3.8) is 0 Å². The molecule has 2 saturated carbocycles. The fourth-order valence-corrected chi connectivity index (χ4v) is 3.98. The third kappa shape index (κ3) is 2.11. The van der Waals surface area contributed by atoms with Crippen LogP contribution in [0.15, 0.2) is 0 Å². The molecule has 86 valence electrons. The number of Topliss-reactive ketones (excluding diaryl/α,β-unsaturated/α-hetero) is 1. The lowest BCUT2D eigenvalue weighted by Gasteiger charge is -2.42. The molecule has 0 bridgehead atoms. The molecule has 2 aliphatic rings. The van der Waals surface area contributed by atoms with Crippen molar-refractivity contribution in [2.75, 3.05) is 0 Å². The Morgan fingerprint density at radius 3 is 2.67 bits per heavy atom. The van der Waals surface area contributed by atoms with E-state index in [1.54, 1.807) is 0 Å². The summed E-state index contributed by atoms with van der Waals surface area (Å²) in [5.41, 5.74) is 0.359. The lowest BCUT2D eigenvalue weighted by atomic mass is 9.63. The Kier molecular flexibility index (Phi) is 3.18. The second-order valence-corrected chi connectivity index (χ2v) is 5.93. The van der Waals surface area contributed by atoms with Gasteiger partial charge < -0.3 is 0 Å². The zero-order valence-electron chi connectivity index (χ0n) is 10.2. The van der Waals surface area contributed by atoms with E-state index >= 15 is 0 Å². The molecule has 0 aromatic carbocycles. The SMILES string of the molecule is CCC1CCCCC1C1(C)CCC(=O)C1. The first-order valence-corrected chi connectivity index (χ1v) is 6.67. The van der Waals surface area contributed by atoms with Crippen LogP contribution in [0, 0.1) is 17.3 Å². The van der Waals surface area contributed by atoms with E-state index in [1.165, 1.54) is 32.1 Å². The third-order valence-electron chi connectivity index (χ3n) is 4.90. The van der Waals surface area contributed by atoms with Crippen molar-refractivity contribution in [1.82, 2.24) is 0 Å². The molecule has 0 amide bonds. The summed E-state index contributed by atoms with van der Waals surface area (Å²) in [7, 11) is 0. The topological polar surface area (TPSA) is 17.1 Å². The number of hydrogen-bond donors (Lipinski definition) is 0. The molecule has 1 nitrogen and oxygen atoms in total. The number of hydrogen-bond acceptors (Lipinski definition) is 1. The summed E-state index contributed by atoms with van der Waals surface area (Å²) in [6.45, 7) is 4.69. The van der Waals surface area contributed by atoms with Crippen LogP contribution >= 0.6 is 0 Å². The molecule has 15 heavy (non-hydrogen) atoms.